The number of ketones is 1. The van der Waals surface area contributed by atoms with E-state index in [1.54, 1.807) is 6.07 Å². The van der Waals surface area contributed by atoms with Gasteiger partial charge in [-0.05, 0) is 19.1 Å². The first-order chi connectivity index (χ1) is 7.69. The van der Waals surface area contributed by atoms with E-state index in [0.29, 0.717) is 12.4 Å². The van der Waals surface area contributed by atoms with E-state index in [1.165, 1.54) is 31.6 Å². The summed E-state index contributed by atoms with van der Waals surface area (Å²) in [5.41, 5.74) is 0.219. The summed E-state index contributed by atoms with van der Waals surface area (Å²) in [5.74, 6) is 0.0851. The average molecular weight is 222 g/mol. The molecule has 1 aromatic carbocycles. The second-order valence-corrected chi connectivity index (χ2v) is 3.01. The van der Waals surface area contributed by atoms with Gasteiger partial charge in [-0.2, -0.15) is 0 Å². The number of methoxy groups -OCH3 is 1. The van der Waals surface area contributed by atoms with Crippen LogP contribution in [0.25, 0.3) is 0 Å². The first-order valence-electron chi connectivity index (χ1n) is 4.88. The van der Waals surface area contributed by atoms with Crippen molar-refractivity contribution in [1.29, 1.82) is 0 Å². The van der Waals surface area contributed by atoms with Crippen molar-refractivity contribution >= 4 is 5.78 Å². The van der Waals surface area contributed by atoms with E-state index in [9.17, 15) is 9.90 Å². The lowest BCUT2D eigenvalue weighted by Gasteiger charge is -2.03. The van der Waals surface area contributed by atoms with Crippen molar-refractivity contribution in [3.05, 3.63) is 36.1 Å². The van der Waals surface area contributed by atoms with Crippen molar-refractivity contribution in [3.63, 3.8) is 0 Å². The van der Waals surface area contributed by atoms with E-state index in [2.05, 4.69) is 0 Å². The SMILES string of the molecule is CCO/C=C\C(=O)c1ccc(OC)cc1O. The summed E-state index contributed by atoms with van der Waals surface area (Å²) in [6, 6.07) is 4.51. The molecule has 0 bridgehead atoms. The smallest absolute Gasteiger partial charge is 0.192 e. The summed E-state index contributed by atoms with van der Waals surface area (Å²) in [5, 5.41) is 9.57. The Labute approximate surface area is 94.1 Å². The Morgan fingerprint density at radius 2 is 2.25 bits per heavy atom. The third-order valence-electron chi connectivity index (χ3n) is 1.95. The molecule has 0 aromatic heterocycles. The van der Waals surface area contributed by atoms with Crippen LogP contribution in [0.15, 0.2) is 30.5 Å². The molecule has 86 valence electrons. The molecule has 0 aliphatic carbocycles. The van der Waals surface area contributed by atoms with E-state index < -0.39 is 0 Å². The largest absolute Gasteiger partial charge is 0.507 e. The summed E-state index contributed by atoms with van der Waals surface area (Å²) >= 11 is 0. The Kier molecular flexibility index (Phi) is 4.39. The highest BCUT2D eigenvalue weighted by atomic mass is 16.5. The lowest BCUT2D eigenvalue weighted by Crippen LogP contribution is -1.96. The Hall–Kier alpha value is -1.97. The molecule has 16 heavy (non-hydrogen) atoms. The summed E-state index contributed by atoms with van der Waals surface area (Å²) in [6.07, 6.45) is 2.58. The number of allylic oxidation sites excluding steroid dienone is 1. The van der Waals surface area contributed by atoms with Crippen LogP contribution in [-0.2, 0) is 4.74 Å². The first kappa shape index (κ1) is 12.1. The molecule has 0 atom stereocenters. The number of carbonyl (C=O) groups excluding carboxylic acids is 1. The van der Waals surface area contributed by atoms with Gasteiger partial charge in [0.2, 0.25) is 0 Å². The van der Waals surface area contributed by atoms with Crippen molar-refractivity contribution in [2.24, 2.45) is 0 Å². The second-order valence-electron chi connectivity index (χ2n) is 3.01. The fourth-order valence-electron chi connectivity index (χ4n) is 1.14. The van der Waals surface area contributed by atoms with Gasteiger partial charge in [0.25, 0.3) is 0 Å². The minimum Gasteiger partial charge on any atom is -0.507 e. The Balaban J connectivity index is 2.84. The highest BCUT2D eigenvalue weighted by Crippen LogP contribution is 2.23. The van der Waals surface area contributed by atoms with Crippen LogP contribution in [0.2, 0.25) is 0 Å². The van der Waals surface area contributed by atoms with E-state index >= 15 is 0 Å². The minimum absolute atomic E-state index is 0.106. The normalized spacial score (nSPS) is 10.4. The number of hydrogen-bond donors (Lipinski definition) is 1. The molecule has 0 heterocycles. The van der Waals surface area contributed by atoms with Gasteiger partial charge in [0.15, 0.2) is 5.78 Å². The summed E-state index contributed by atoms with van der Waals surface area (Å²) < 4.78 is 9.82. The van der Waals surface area contributed by atoms with Crippen LogP contribution in [-0.4, -0.2) is 24.6 Å². The molecule has 1 aromatic rings. The number of aromatic hydroxyl groups is 1. The van der Waals surface area contributed by atoms with Crippen LogP contribution >= 0.6 is 0 Å². The van der Waals surface area contributed by atoms with Gasteiger partial charge in [-0.3, -0.25) is 4.79 Å². The molecule has 4 nitrogen and oxygen atoms in total. The van der Waals surface area contributed by atoms with Gasteiger partial charge in [-0.25, -0.2) is 0 Å². The van der Waals surface area contributed by atoms with Crippen molar-refractivity contribution in [3.8, 4) is 11.5 Å². The van der Waals surface area contributed by atoms with Crippen LogP contribution in [0, 0.1) is 0 Å². The van der Waals surface area contributed by atoms with E-state index in [0.717, 1.165) is 0 Å². The molecule has 0 aliphatic rings. The molecule has 4 heteroatoms. The summed E-state index contributed by atoms with van der Waals surface area (Å²) in [4.78, 5) is 11.6. The molecule has 0 saturated carbocycles. The third kappa shape index (κ3) is 3.02. The summed E-state index contributed by atoms with van der Waals surface area (Å²) in [7, 11) is 1.49. The number of rotatable bonds is 5. The molecule has 0 aliphatic heterocycles. The highest BCUT2D eigenvalue weighted by molar-refractivity contribution is 6.06. The molecule has 0 unspecified atom stereocenters. The number of hydrogen-bond acceptors (Lipinski definition) is 4. The van der Waals surface area contributed by atoms with Crippen molar-refractivity contribution in [2.45, 2.75) is 6.92 Å². The second kappa shape index (κ2) is 5.80. The molecule has 1 rings (SSSR count). The van der Waals surface area contributed by atoms with E-state index in [1.807, 2.05) is 6.92 Å². The van der Waals surface area contributed by atoms with E-state index in [-0.39, 0.29) is 17.1 Å². The number of phenolic OH excluding ortho intramolecular Hbond substituents is 1. The molecular weight excluding hydrogens is 208 g/mol. The average Bonchev–Trinajstić information content (AvgIpc) is 2.29. The van der Waals surface area contributed by atoms with Gasteiger partial charge in [-0.15, -0.1) is 0 Å². The highest BCUT2D eigenvalue weighted by Gasteiger charge is 2.08. The van der Waals surface area contributed by atoms with Gasteiger partial charge in [0.1, 0.15) is 11.5 Å². The maximum absolute atomic E-state index is 11.6. The predicted octanol–water partition coefficient (Wildman–Crippen LogP) is 2.13. The van der Waals surface area contributed by atoms with Crippen molar-refractivity contribution in [2.75, 3.05) is 13.7 Å². The zero-order valence-corrected chi connectivity index (χ0v) is 9.27. The van der Waals surface area contributed by atoms with Gasteiger partial charge < -0.3 is 14.6 Å². The zero-order chi connectivity index (χ0) is 12.0. The van der Waals surface area contributed by atoms with Crippen molar-refractivity contribution in [1.82, 2.24) is 0 Å². The van der Waals surface area contributed by atoms with Crippen LogP contribution in [0.1, 0.15) is 17.3 Å². The van der Waals surface area contributed by atoms with Crippen LogP contribution in [0.5, 0.6) is 11.5 Å². The standard InChI is InChI=1S/C12H14O4/c1-3-16-7-6-11(13)10-5-4-9(15-2)8-12(10)14/h4-8,14H,3H2,1-2H3/b7-6-. The lowest BCUT2D eigenvalue weighted by molar-refractivity contribution is 0.104. The van der Waals surface area contributed by atoms with Gasteiger partial charge >= 0.3 is 0 Å². The minimum atomic E-state index is -0.311. The molecular formula is C12H14O4. The van der Waals surface area contributed by atoms with Crippen molar-refractivity contribution < 1.29 is 19.4 Å². The molecule has 0 saturated heterocycles. The van der Waals surface area contributed by atoms with Crippen LogP contribution < -0.4 is 4.74 Å². The maximum Gasteiger partial charge on any atom is 0.192 e. The molecule has 0 spiro atoms. The lowest BCUT2D eigenvalue weighted by atomic mass is 10.1. The predicted molar refractivity (Wildman–Crippen MR) is 59.8 cm³/mol. The molecule has 1 N–H and O–H groups in total. The topological polar surface area (TPSA) is 55.8 Å². The fourth-order valence-corrected chi connectivity index (χ4v) is 1.14. The van der Waals surface area contributed by atoms with Gasteiger partial charge in [0, 0.05) is 12.1 Å². The molecule has 0 fully saturated rings. The van der Waals surface area contributed by atoms with Gasteiger partial charge in [0.05, 0.1) is 25.5 Å². The van der Waals surface area contributed by atoms with Crippen LogP contribution in [0.3, 0.4) is 0 Å². The maximum atomic E-state index is 11.6. The van der Waals surface area contributed by atoms with Gasteiger partial charge in [-0.1, -0.05) is 0 Å². The Morgan fingerprint density at radius 3 is 2.81 bits per heavy atom. The number of phenols is 1. The fraction of sp³-hybridized carbons (Fsp3) is 0.250. The van der Waals surface area contributed by atoms with E-state index in [4.69, 9.17) is 9.47 Å². The first-order valence-corrected chi connectivity index (χ1v) is 4.88. The number of ether oxygens (including phenoxy) is 2. The molecule has 0 radical (unpaired) electrons. The Morgan fingerprint density at radius 1 is 1.50 bits per heavy atom. The summed E-state index contributed by atoms with van der Waals surface area (Å²) in [6.45, 7) is 2.32. The number of carbonyl (C=O) groups is 1. The number of benzene rings is 1. The monoisotopic (exact) mass is 222 g/mol. The molecule has 0 amide bonds. The zero-order valence-electron chi connectivity index (χ0n) is 9.27. The van der Waals surface area contributed by atoms with Crippen LogP contribution in [0.4, 0.5) is 0 Å². The third-order valence-corrected chi connectivity index (χ3v) is 1.95. The Bertz CT molecular complexity index is 396. The quantitative estimate of drug-likeness (QED) is 0.471.